The zero-order valence-electron chi connectivity index (χ0n) is 16.6. The Bertz CT molecular complexity index is 943. The molecule has 0 aliphatic carbocycles. The van der Waals surface area contributed by atoms with E-state index in [1.165, 1.54) is 16.6 Å². The number of nitrogens with zero attached hydrogens (tertiary/aromatic N) is 6. The summed E-state index contributed by atoms with van der Waals surface area (Å²) in [6, 6.07) is 10.4. The zero-order chi connectivity index (χ0) is 20.2. The highest BCUT2D eigenvalue weighted by molar-refractivity contribution is 7.99. The van der Waals surface area contributed by atoms with E-state index < -0.39 is 0 Å². The number of aromatic nitrogens is 4. The van der Waals surface area contributed by atoms with Crippen molar-refractivity contribution in [3.05, 3.63) is 51.7 Å². The van der Waals surface area contributed by atoms with Gasteiger partial charge in [0.1, 0.15) is 0 Å². The molecule has 0 bridgehead atoms. The van der Waals surface area contributed by atoms with Crippen LogP contribution in [-0.4, -0.2) is 67.8 Å². The number of carbonyl (C=O) groups is 1. The van der Waals surface area contributed by atoms with E-state index in [-0.39, 0.29) is 5.91 Å². The Morgan fingerprint density at radius 3 is 2.55 bits per heavy atom. The first-order valence-corrected chi connectivity index (χ1v) is 11.5. The lowest BCUT2D eigenvalue weighted by atomic mass is 10.1. The Labute approximate surface area is 178 Å². The molecule has 7 nitrogen and oxygen atoms in total. The lowest BCUT2D eigenvalue weighted by molar-refractivity contribution is -0.130. The summed E-state index contributed by atoms with van der Waals surface area (Å²) < 4.78 is 1.74. The predicted octanol–water partition coefficient (Wildman–Crippen LogP) is 2.78. The summed E-state index contributed by atoms with van der Waals surface area (Å²) in [5.74, 6) is 0.484. The Hall–Kier alpha value is -2.23. The van der Waals surface area contributed by atoms with Crippen LogP contribution in [0.5, 0.6) is 0 Å². The number of amides is 1. The molecule has 4 rings (SSSR count). The Kier molecular flexibility index (Phi) is 6.27. The number of hydrogen-bond acceptors (Lipinski definition) is 7. The van der Waals surface area contributed by atoms with Crippen LogP contribution in [0, 0.1) is 13.8 Å². The molecule has 152 valence electrons. The number of rotatable bonds is 6. The Balaban J connectivity index is 1.33. The van der Waals surface area contributed by atoms with Gasteiger partial charge in [-0.05, 0) is 46.8 Å². The van der Waals surface area contributed by atoms with Crippen molar-refractivity contribution in [2.75, 3.05) is 31.9 Å². The van der Waals surface area contributed by atoms with Crippen LogP contribution in [0.2, 0.25) is 0 Å². The largest absolute Gasteiger partial charge is 0.339 e. The summed E-state index contributed by atoms with van der Waals surface area (Å²) in [5.41, 5.74) is 3.19. The lowest BCUT2D eigenvalue weighted by Gasteiger charge is -2.34. The molecule has 2 aromatic heterocycles. The average molecular weight is 429 g/mol. The number of piperazine rings is 1. The van der Waals surface area contributed by atoms with Gasteiger partial charge in [-0.25, -0.2) is 0 Å². The maximum atomic E-state index is 12.7. The standard InChI is InChI=1S/C20H24N6OS2/c1-15-5-3-6-16(2)19(15)26-20(21-22-23-26)29-14-18(27)25-10-8-24(9-11-25)13-17-7-4-12-28-17/h3-7,12H,8-11,13-14H2,1-2H3. The van der Waals surface area contributed by atoms with Crippen LogP contribution < -0.4 is 0 Å². The van der Waals surface area contributed by atoms with Crippen molar-refractivity contribution in [2.45, 2.75) is 25.5 Å². The van der Waals surface area contributed by atoms with Gasteiger partial charge in [0.05, 0.1) is 11.4 Å². The minimum atomic E-state index is 0.141. The summed E-state index contributed by atoms with van der Waals surface area (Å²) in [6.45, 7) is 8.42. The van der Waals surface area contributed by atoms with Crippen molar-refractivity contribution >= 4 is 29.0 Å². The fraction of sp³-hybridized carbons (Fsp3) is 0.400. The highest BCUT2D eigenvalue weighted by Crippen LogP contribution is 2.24. The van der Waals surface area contributed by atoms with Gasteiger partial charge in [-0.3, -0.25) is 9.69 Å². The minimum Gasteiger partial charge on any atom is -0.339 e. The third-order valence-corrected chi connectivity index (χ3v) is 6.87. The number of para-hydroxylation sites is 1. The number of tetrazole rings is 1. The molecule has 1 saturated heterocycles. The molecule has 0 radical (unpaired) electrons. The van der Waals surface area contributed by atoms with Crippen LogP contribution in [0.25, 0.3) is 5.69 Å². The number of benzene rings is 1. The van der Waals surface area contributed by atoms with E-state index in [0.717, 1.165) is 49.5 Å². The number of thiophene rings is 1. The number of carbonyl (C=O) groups excluding carboxylic acids is 1. The molecule has 1 aliphatic heterocycles. The smallest absolute Gasteiger partial charge is 0.233 e. The van der Waals surface area contributed by atoms with Gasteiger partial charge in [-0.1, -0.05) is 36.0 Å². The second-order valence-corrected chi connectivity index (χ2v) is 9.11. The maximum Gasteiger partial charge on any atom is 0.233 e. The van der Waals surface area contributed by atoms with E-state index in [1.54, 1.807) is 16.0 Å². The average Bonchev–Trinajstić information content (AvgIpc) is 3.39. The topological polar surface area (TPSA) is 67.2 Å². The molecule has 1 amide bonds. The third-order valence-electron chi connectivity index (χ3n) is 5.10. The first-order valence-electron chi connectivity index (χ1n) is 9.62. The van der Waals surface area contributed by atoms with Gasteiger partial charge in [0.2, 0.25) is 11.1 Å². The van der Waals surface area contributed by atoms with Crippen LogP contribution in [0.4, 0.5) is 0 Å². The maximum absolute atomic E-state index is 12.7. The monoisotopic (exact) mass is 428 g/mol. The van der Waals surface area contributed by atoms with Crippen molar-refractivity contribution in [2.24, 2.45) is 0 Å². The molecule has 1 aliphatic rings. The van der Waals surface area contributed by atoms with Crippen molar-refractivity contribution in [1.82, 2.24) is 30.0 Å². The molecule has 29 heavy (non-hydrogen) atoms. The second kappa shape index (κ2) is 9.06. The molecule has 1 aromatic carbocycles. The summed E-state index contributed by atoms with van der Waals surface area (Å²) in [6.07, 6.45) is 0. The molecule has 0 unspecified atom stereocenters. The highest BCUT2D eigenvalue weighted by atomic mass is 32.2. The van der Waals surface area contributed by atoms with Gasteiger partial charge in [-0.2, -0.15) is 4.68 Å². The van der Waals surface area contributed by atoms with Crippen molar-refractivity contribution in [1.29, 1.82) is 0 Å². The molecule has 9 heteroatoms. The van der Waals surface area contributed by atoms with Crippen LogP contribution in [-0.2, 0) is 11.3 Å². The SMILES string of the molecule is Cc1cccc(C)c1-n1nnnc1SCC(=O)N1CCN(Cc2cccs2)CC1. The Morgan fingerprint density at radius 2 is 1.86 bits per heavy atom. The van der Waals surface area contributed by atoms with E-state index in [0.29, 0.717) is 10.9 Å². The van der Waals surface area contributed by atoms with Gasteiger partial charge < -0.3 is 4.90 Å². The molecule has 0 atom stereocenters. The first-order chi connectivity index (χ1) is 14.1. The number of aryl methyl sites for hydroxylation is 2. The van der Waals surface area contributed by atoms with Crippen LogP contribution in [0.15, 0.2) is 40.9 Å². The summed E-state index contributed by atoms with van der Waals surface area (Å²) in [4.78, 5) is 18.4. The first kappa shape index (κ1) is 20.1. The van der Waals surface area contributed by atoms with Crippen molar-refractivity contribution < 1.29 is 4.79 Å². The van der Waals surface area contributed by atoms with E-state index in [9.17, 15) is 4.79 Å². The van der Waals surface area contributed by atoms with Crippen molar-refractivity contribution in [3.63, 3.8) is 0 Å². The highest BCUT2D eigenvalue weighted by Gasteiger charge is 2.22. The third kappa shape index (κ3) is 4.68. The Morgan fingerprint density at radius 1 is 1.10 bits per heavy atom. The molecule has 0 spiro atoms. The van der Waals surface area contributed by atoms with E-state index in [1.807, 2.05) is 36.9 Å². The zero-order valence-corrected chi connectivity index (χ0v) is 18.2. The second-order valence-electron chi connectivity index (χ2n) is 7.14. The molecule has 0 N–H and O–H groups in total. The van der Waals surface area contributed by atoms with Crippen LogP contribution in [0.3, 0.4) is 0 Å². The van der Waals surface area contributed by atoms with E-state index >= 15 is 0 Å². The quantitative estimate of drug-likeness (QED) is 0.563. The summed E-state index contributed by atoms with van der Waals surface area (Å²) in [5, 5.41) is 14.9. The minimum absolute atomic E-state index is 0.141. The van der Waals surface area contributed by atoms with Gasteiger partial charge in [0, 0.05) is 37.6 Å². The molecular weight excluding hydrogens is 404 g/mol. The molecule has 3 heterocycles. The van der Waals surface area contributed by atoms with Gasteiger partial charge >= 0.3 is 0 Å². The van der Waals surface area contributed by atoms with E-state index in [4.69, 9.17) is 0 Å². The van der Waals surface area contributed by atoms with Gasteiger partial charge in [-0.15, -0.1) is 16.4 Å². The molecule has 3 aromatic rings. The fourth-order valence-electron chi connectivity index (χ4n) is 3.54. The van der Waals surface area contributed by atoms with Gasteiger partial charge in [0.15, 0.2) is 0 Å². The summed E-state index contributed by atoms with van der Waals surface area (Å²) in [7, 11) is 0. The summed E-state index contributed by atoms with van der Waals surface area (Å²) >= 11 is 3.18. The van der Waals surface area contributed by atoms with Crippen molar-refractivity contribution in [3.8, 4) is 5.69 Å². The fourth-order valence-corrected chi connectivity index (χ4v) is 5.07. The number of hydrogen-bond donors (Lipinski definition) is 0. The molecule has 0 saturated carbocycles. The van der Waals surface area contributed by atoms with Crippen LogP contribution in [0.1, 0.15) is 16.0 Å². The number of thioether (sulfide) groups is 1. The van der Waals surface area contributed by atoms with E-state index in [2.05, 4.69) is 37.9 Å². The lowest BCUT2D eigenvalue weighted by Crippen LogP contribution is -2.48. The molecule has 1 fully saturated rings. The predicted molar refractivity (Wildman–Crippen MR) is 116 cm³/mol. The van der Waals surface area contributed by atoms with Crippen LogP contribution >= 0.6 is 23.1 Å². The van der Waals surface area contributed by atoms with Gasteiger partial charge in [0.25, 0.3) is 0 Å². The normalized spacial score (nSPS) is 15.0. The molecular formula is C20H24N6OS2.